The molecule has 0 bridgehead atoms. The minimum atomic E-state index is -0.366. The average molecular weight is 425 g/mol. The fraction of sp³-hybridized carbons (Fsp3) is 0.348. The van der Waals surface area contributed by atoms with Crippen LogP contribution in [0.15, 0.2) is 47.5 Å². The number of nitrogens with zero attached hydrogens (tertiary/aromatic N) is 2. The number of likely N-dealkylation sites (tertiary alicyclic amines) is 1. The summed E-state index contributed by atoms with van der Waals surface area (Å²) in [5, 5.41) is 1.92. The van der Waals surface area contributed by atoms with E-state index in [2.05, 4.69) is 0 Å². The third-order valence-electron chi connectivity index (χ3n) is 5.30. The number of thiophene rings is 1. The summed E-state index contributed by atoms with van der Waals surface area (Å²) in [4.78, 5) is 42.6. The monoisotopic (exact) mass is 424 g/mol. The third kappa shape index (κ3) is 3.89. The predicted octanol–water partition coefficient (Wildman–Crippen LogP) is 3.69. The summed E-state index contributed by atoms with van der Waals surface area (Å²) in [5.74, 6) is -0.859. The molecule has 0 atom stereocenters. The van der Waals surface area contributed by atoms with E-state index < -0.39 is 0 Å². The molecular weight excluding hydrogens is 400 g/mol. The number of hydrogen-bond acceptors (Lipinski definition) is 6. The third-order valence-corrected chi connectivity index (χ3v) is 6.19. The Kier molecular flexibility index (Phi) is 5.99. The summed E-state index contributed by atoms with van der Waals surface area (Å²) in [6.07, 6.45) is 2.82. The molecule has 2 amide bonds. The Balaban J connectivity index is 1.55. The molecule has 0 aliphatic carbocycles. The van der Waals surface area contributed by atoms with Crippen LogP contribution in [0.1, 0.15) is 47.0 Å². The van der Waals surface area contributed by atoms with Gasteiger partial charge in [0.1, 0.15) is 5.70 Å². The zero-order valence-electron chi connectivity index (χ0n) is 16.9. The molecule has 2 aliphatic rings. The van der Waals surface area contributed by atoms with Crippen LogP contribution < -0.4 is 0 Å². The SMILES string of the molecule is CCCOC(=O)c1ccc(CN2C(=O)C(c3cccs3)=C(N3CCCC3)C2=O)cc1. The van der Waals surface area contributed by atoms with Crippen molar-refractivity contribution in [3.8, 4) is 0 Å². The number of benzene rings is 1. The van der Waals surface area contributed by atoms with Gasteiger partial charge in [-0.2, -0.15) is 0 Å². The number of ether oxygens (including phenoxy) is 1. The molecule has 156 valence electrons. The second-order valence-corrected chi connectivity index (χ2v) is 8.37. The summed E-state index contributed by atoms with van der Waals surface area (Å²) in [6.45, 7) is 4.09. The van der Waals surface area contributed by atoms with Gasteiger partial charge >= 0.3 is 5.97 Å². The van der Waals surface area contributed by atoms with Crippen molar-refractivity contribution in [3.63, 3.8) is 0 Å². The zero-order chi connectivity index (χ0) is 21.1. The van der Waals surface area contributed by atoms with Gasteiger partial charge in [-0.05, 0) is 48.4 Å². The van der Waals surface area contributed by atoms with E-state index in [1.807, 2.05) is 29.3 Å². The number of hydrogen-bond donors (Lipinski definition) is 0. The van der Waals surface area contributed by atoms with Gasteiger partial charge < -0.3 is 9.64 Å². The van der Waals surface area contributed by atoms with E-state index in [1.165, 1.54) is 16.2 Å². The molecule has 1 aromatic heterocycles. The van der Waals surface area contributed by atoms with E-state index in [-0.39, 0.29) is 24.3 Å². The van der Waals surface area contributed by atoms with Gasteiger partial charge in [-0.1, -0.05) is 25.1 Å². The molecule has 2 aromatic rings. The molecule has 7 heteroatoms. The lowest BCUT2D eigenvalue weighted by Crippen LogP contribution is -2.34. The molecule has 3 heterocycles. The Labute approximate surface area is 179 Å². The van der Waals surface area contributed by atoms with Crippen molar-refractivity contribution >= 4 is 34.7 Å². The smallest absolute Gasteiger partial charge is 0.338 e. The largest absolute Gasteiger partial charge is 0.462 e. The number of rotatable bonds is 7. The van der Waals surface area contributed by atoms with E-state index in [9.17, 15) is 14.4 Å². The summed E-state index contributed by atoms with van der Waals surface area (Å²) < 4.78 is 5.14. The van der Waals surface area contributed by atoms with Crippen molar-refractivity contribution in [2.24, 2.45) is 0 Å². The normalized spacial score (nSPS) is 16.7. The lowest BCUT2D eigenvalue weighted by molar-refractivity contribution is -0.138. The van der Waals surface area contributed by atoms with Gasteiger partial charge in [0.25, 0.3) is 11.8 Å². The maximum absolute atomic E-state index is 13.2. The highest BCUT2D eigenvalue weighted by molar-refractivity contribution is 7.11. The quantitative estimate of drug-likeness (QED) is 0.501. The fourth-order valence-electron chi connectivity index (χ4n) is 3.79. The molecule has 0 spiro atoms. The van der Waals surface area contributed by atoms with Gasteiger partial charge in [-0.25, -0.2) is 4.79 Å². The average Bonchev–Trinajstić information content (AvgIpc) is 3.51. The van der Waals surface area contributed by atoms with Crippen molar-refractivity contribution in [2.75, 3.05) is 19.7 Å². The molecule has 2 aliphatic heterocycles. The predicted molar refractivity (Wildman–Crippen MR) is 115 cm³/mol. The number of imide groups is 1. The van der Waals surface area contributed by atoms with E-state index >= 15 is 0 Å². The standard InChI is InChI=1S/C23H24N2O4S/c1-2-13-29-23(28)17-9-7-16(8-10-17)15-25-21(26)19(18-6-5-14-30-18)20(22(25)27)24-11-3-4-12-24/h5-10,14H,2-4,11-13,15H2,1H3. The maximum atomic E-state index is 13.2. The first-order valence-corrected chi connectivity index (χ1v) is 11.1. The van der Waals surface area contributed by atoms with Gasteiger partial charge in [0, 0.05) is 18.0 Å². The van der Waals surface area contributed by atoms with Crippen LogP contribution in [0.25, 0.3) is 5.57 Å². The van der Waals surface area contributed by atoms with Crippen LogP contribution in [-0.4, -0.2) is 47.3 Å². The molecule has 6 nitrogen and oxygen atoms in total. The van der Waals surface area contributed by atoms with E-state index in [0.29, 0.717) is 23.4 Å². The Morgan fingerprint density at radius 2 is 1.80 bits per heavy atom. The Hall–Kier alpha value is -2.93. The molecule has 1 saturated heterocycles. The maximum Gasteiger partial charge on any atom is 0.338 e. The van der Waals surface area contributed by atoms with Crippen molar-refractivity contribution in [3.05, 3.63) is 63.5 Å². The second-order valence-electron chi connectivity index (χ2n) is 7.42. The molecule has 0 N–H and O–H groups in total. The Bertz CT molecular complexity index is 973. The Morgan fingerprint density at radius 1 is 1.07 bits per heavy atom. The van der Waals surface area contributed by atoms with Crippen molar-refractivity contribution < 1.29 is 19.1 Å². The van der Waals surface area contributed by atoms with Crippen LogP contribution in [0.4, 0.5) is 0 Å². The molecule has 1 aromatic carbocycles. The van der Waals surface area contributed by atoms with Crippen molar-refractivity contribution in [1.29, 1.82) is 0 Å². The first-order chi connectivity index (χ1) is 14.6. The molecule has 0 radical (unpaired) electrons. The fourth-order valence-corrected chi connectivity index (χ4v) is 4.55. The molecule has 4 rings (SSSR count). The van der Waals surface area contributed by atoms with Crippen molar-refractivity contribution in [1.82, 2.24) is 9.80 Å². The van der Waals surface area contributed by atoms with Crippen LogP contribution in [-0.2, 0) is 20.9 Å². The van der Waals surface area contributed by atoms with Gasteiger partial charge in [-0.15, -0.1) is 11.3 Å². The summed E-state index contributed by atoms with van der Waals surface area (Å²) in [5.41, 5.74) is 2.29. The number of amides is 2. The number of esters is 1. The highest BCUT2D eigenvalue weighted by Crippen LogP contribution is 2.36. The van der Waals surface area contributed by atoms with Gasteiger partial charge in [0.15, 0.2) is 0 Å². The van der Waals surface area contributed by atoms with Gasteiger partial charge in [-0.3, -0.25) is 14.5 Å². The van der Waals surface area contributed by atoms with E-state index in [4.69, 9.17) is 4.74 Å². The van der Waals surface area contributed by atoms with Crippen LogP contribution in [0, 0.1) is 0 Å². The molecule has 1 fully saturated rings. The minimum Gasteiger partial charge on any atom is -0.462 e. The van der Waals surface area contributed by atoms with E-state index in [0.717, 1.165) is 42.8 Å². The van der Waals surface area contributed by atoms with Crippen LogP contribution >= 0.6 is 11.3 Å². The van der Waals surface area contributed by atoms with Crippen molar-refractivity contribution in [2.45, 2.75) is 32.7 Å². The summed E-state index contributed by atoms with van der Waals surface area (Å²) in [7, 11) is 0. The Morgan fingerprint density at radius 3 is 2.43 bits per heavy atom. The number of carbonyl (C=O) groups is 3. The van der Waals surface area contributed by atoms with Gasteiger partial charge in [0.05, 0.1) is 24.3 Å². The zero-order valence-corrected chi connectivity index (χ0v) is 17.7. The van der Waals surface area contributed by atoms with E-state index in [1.54, 1.807) is 24.3 Å². The molecule has 0 unspecified atom stereocenters. The summed E-state index contributed by atoms with van der Waals surface area (Å²) >= 11 is 1.47. The first-order valence-electron chi connectivity index (χ1n) is 10.3. The molecule has 30 heavy (non-hydrogen) atoms. The highest BCUT2D eigenvalue weighted by Gasteiger charge is 2.42. The topological polar surface area (TPSA) is 66.9 Å². The molecule has 0 saturated carbocycles. The number of carbonyl (C=O) groups excluding carboxylic acids is 3. The molecular formula is C23H24N2O4S. The summed E-state index contributed by atoms with van der Waals surface area (Å²) in [6, 6.07) is 10.7. The highest BCUT2D eigenvalue weighted by atomic mass is 32.1. The lowest BCUT2D eigenvalue weighted by Gasteiger charge is -2.20. The second kappa shape index (κ2) is 8.83. The minimum absolute atomic E-state index is 0.175. The van der Waals surface area contributed by atoms with Gasteiger partial charge in [0.2, 0.25) is 0 Å². The van der Waals surface area contributed by atoms with Crippen LogP contribution in [0.5, 0.6) is 0 Å². The van der Waals surface area contributed by atoms with Crippen LogP contribution in [0.3, 0.4) is 0 Å². The van der Waals surface area contributed by atoms with Crippen LogP contribution in [0.2, 0.25) is 0 Å². The lowest BCUT2D eigenvalue weighted by atomic mass is 10.1. The first kappa shape index (κ1) is 20.3.